The van der Waals surface area contributed by atoms with Crippen molar-refractivity contribution in [1.29, 1.82) is 0 Å². The van der Waals surface area contributed by atoms with Gasteiger partial charge in [-0.2, -0.15) is 0 Å². The highest BCUT2D eigenvalue weighted by Crippen LogP contribution is 2.48. The molecule has 1 atom stereocenters. The summed E-state index contributed by atoms with van der Waals surface area (Å²) in [6.45, 7) is 3.59. The van der Waals surface area contributed by atoms with Gasteiger partial charge in [-0.05, 0) is 55.1 Å². The Morgan fingerprint density at radius 3 is 2.61 bits per heavy atom. The second kappa shape index (κ2) is 6.84. The largest absolute Gasteiger partial charge is 0.497 e. The molecule has 3 heterocycles. The number of esters is 1. The molecule has 7 heteroatoms. The van der Waals surface area contributed by atoms with Crippen LogP contribution in [0.15, 0.2) is 52.5 Å². The molecule has 1 unspecified atom stereocenters. The van der Waals surface area contributed by atoms with Gasteiger partial charge < -0.3 is 19.2 Å². The Kier molecular flexibility index (Phi) is 4.22. The Morgan fingerprint density at radius 2 is 1.87 bits per heavy atom. The molecule has 1 N–H and O–H groups in total. The quantitative estimate of drug-likeness (QED) is 0.387. The lowest BCUT2D eigenvalue weighted by molar-refractivity contribution is -0.135. The van der Waals surface area contributed by atoms with Crippen LogP contribution in [0.4, 0.5) is 0 Å². The van der Waals surface area contributed by atoms with Crippen LogP contribution in [0.25, 0.3) is 10.9 Å². The van der Waals surface area contributed by atoms with Gasteiger partial charge in [-0.25, -0.2) is 0 Å². The van der Waals surface area contributed by atoms with Gasteiger partial charge in [-0.15, -0.1) is 0 Å². The maximum absolute atomic E-state index is 13.0. The highest BCUT2D eigenvalue weighted by molar-refractivity contribution is 6.13. The average Bonchev–Trinajstić information content (AvgIpc) is 3.09. The normalized spacial score (nSPS) is 17.1. The minimum absolute atomic E-state index is 0.0318. The summed E-state index contributed by atoms with van der Waals surface area (Å²) in [5, 5.41) is 0.797. The van der Waals surface area contributed by atoms with Gasteiger partial charge in [-0.3, -0.25) is 14.4 Å². The van der Waals surface area contributed by atoms with Crippen LogP contribution in [-0.2, 0) is 4.79 Å². The number of aromatic amines is 1. The van der Waals surface area contributed by atoms with Gasteiger partial charge in [0.05, 0.1) is 24.6 Å². The molecule has 3 aromatic rings. The average molecular weight is 417 g/mol. The van der Waals surface area contributed by atoms with E-state index in [1.165, 1.54) is 0 Å². The molecule has 0 amide bonds. The first-order valence-electron chi connectivity index (χ1n) is 9.86. The highest BCUT2D eigenvalue weighted by atomic mass is 16.5. The van der Waals surface area contributed by atoms with E-state index in [0.29, 0.717) is 39.5 Å². The Labute approximate surface area is 177 Å². The summed E-state index contributed by atoms with van der Waals surface area (Å²) >= 11 is 0. The molecule has 2 aliphatic rings. The zero-order valence-electron chi connectivity index (χ0n) is 17.2. The van der Waals surface area contributed by atoms with Crippen LogP contribution in [0.3, 0.4) is 0 Å². The molecule has 0 saturated heterocycles. The number of carbonyl (C=O) groups is 2. The fourth-order valence-electron chi connectivity index (χ4n) is 4.17. The lowest BCUT2D eigenvalue weighted by Gasteiger charge is -2.26. The van der Waals surface area contributed by atoms with Gasteiger partial charge in [0, 0.05) is 23.1 Å². The standard InChI is InChI=1S/C24H19NO6/c1-11(2)22-21(27)14-6-7-18-20(23(14)31-22)15(10-19(26)30-18)16-8-12-4-5-13(29-3)9-17(12)25-24(16)28/h4-9,15H,10H2,1-3H3,(H,25,28). The minimum atomic E-state index is -0.606. The number of H-pyrrole nitrogens is 1. The van der Waals surface area contributed by atoms with E-state index in [0.717, 1.165) is 11.0 Å². The molecule has 1 aromatic heterocycles. The Hall–Kier alpha value is -3.87. The minimum Gasteiger partial charge on any atom is -0.497 e. The fraction of sp³-hybridized carbons (Fsp3) is 0.208. The first-order chi connectivity index (χ1) is 14.9. The number of benzene rings is 2. The van der Waals surface area contributed by atoms with E-state index in [1.807, 2.05) is 6.07 Å². The molecule has 2 aliphatic heterocycles. The number of allylic oxidation sites excluding steroid dienone is 2. The van der Waals surface area contributed by atoms with Crippen LogP contribution in [0, 0.1) is 0 Å². The van der Waals surface area contributed by atoms with Crippen LogP contribution in [0.1, 0.15) is 47.7 Å². The molecular formula is C24H19NO6. The lowest BCUT2D eigenvalue weighted by atomic mass is 9.84. The molecule has 31 heavy (non-hydrogen) atoms. The lowest BCUT2D eigenvalue weighted by Crippen LogP contribution is -2.26. The predicted octanol–water partition coefficient (Wildman–Crippen LogP) is 3.85. The van der Waals surface area contributed by atoms with Gasteiger partial charge in [0.25, 0.3) is 5.56 Å². The van der Waals surface area contributed by atoms with Crippen molar-refractivity contribution < 1.29 is 23.8 Å². The van der Waals surface area contributed by atoms with E-state index < -0.39 is 11.9 Å². The molecular weight excluding hydrogens is 398 g/mol. The topological polar surface area (TPSA) is 94.7 Å². The summed E-state index contributed by atoms with van der Waals surface area (Å²) in [6.07, 6.45) is -0.0318. The van der Waals surface area contributed by atoms with E-state index in [9.17, 15) is 14.4 Å². The van der Waals surface area contributed by atoms with Crippen LogP contribution >= 0.6 is 0 Å². The van der Waals surface area contributed by atoms with Crippen molar-refractivity contribution >= 4 is 22.7 Å². The van der Waals surface area contributed by atoms with E-state index >= 15 is 0 Å². The Balaban J connectivity index is 1.73. The number of aromatic nitrogens is 1. The van der Waals surface area contributed by atoms with Crippen LogP contribution in [0.2, 0.25) is 0 Å². The van der Waals surface area contributed by atoms with Gasteiger partial charge >= 0.3 is 5.97 Å². The zero-order chi connectivity index (χ0) is 21.9. The maximum Gasteiger partial charge on any atom is 0.312 e. The molecule has 0 bridgehead atoms. The molecule has 0 spiro atoms. The van der Waals surface area contributed by atoms with Gasteiger partial charge in [0.1, 0.15) is 17.2 Å². The van der Waals surface area contributed by atoms with Crippen LogP contribution < -0.4 is 19.8 Å². The van der Waals surface area contributed by atoms with Crippen molar-refractivity contribution in [1.82, 2.24) is 4.98 Å². The summed E-state index contributed by atoms with van der Waals surface area (Å²) in [5.74, 6) is 0.277. The number of nitrogens with one attached hydrogen (secondary N) is 1. The van der Waals surface area contributed by atoms with Crippen molar-refractivity contribution in [2.45, 2.75) is 26.2 Å². The number of methoxy groups -OCH3 is 1. The first-order valence-corrected chi connectivity index (χ1v) is 9.86. The van der Waals surface area contributed by atoms with E-state index in [-0.39, 0.29) is 23.5 Å². The summed E-state index contributed by atoms with van der Waals surface area (Å²) in [4.78, 5) is 41.0. The van der Waals surface area contributed by atoms with Gasteiger partial charge in [0.2, 0.25) is 5.78 Å². The van der Waals surface area contributed by atoms with Crippen molar-refractivity contribution in [3.05, 3.63) is 74.8 Å². The number of hydrogen-bond acceptors (Lipinski definition) is 6. The second-order valence-electron chi connectivity index (χ2n) is 7.85. The fourth-order valence-corrected chi connectivity index (χ4v) is 4.17. The third-order valence-corrected chi connectivity index (χ3v) is 5.67. The van der Waals surface area contributed by atoms with Crippen molar-refractivity contribution in [2.24, 2.45) is 0 Å². The van der Waals surface area contributed by atoms with Crippen molar-refractivity contribution in [3.63, 3.8) is 0 Å². The van der Waals surface area contributed by atoms with Crippen LogP contribution in [0.5, 0.6) is 17.2 Å². The second-order valence-corrected chi connectivity index (χ2v) is 7.85. The molecule has 7 nitrogen and oxygen atoms in total. The highest BCUT2D eigenvalue weighted by Gasteiger charge is 2.39. The van der Waals surface area contributed by atoms with Crippen LogP contribution in [-0.4, -0.2) is 23.8 Å². The SMILES string of the molecule is COc1ccc2cc(C3CC(=O)Oc4ccc5c(c43)OC(=C(C)C)C5=O)c(=O)[nH]c2c1. The number of hydrogen-bond donors (Lipinski definition) is 1. The molecule has 0 fully saturated rings. The van der Waals surface area contributed by atoms with E-state index in [1.54, 1.807) is 51.3 Å². The third-order valence-electron chi connectivity index (χ3n) is 5.67. The zero-order valence-corrected chi connectivity index (χ0v) is 17.2. The Morgan fingerprint density at radius 1 is 1.06 bits per heavy atom. The first kappa shape index (κ1) is 19.1. The van der Waals surface area contributed by atoms with E-state index in [2.05, 4.69) is 4.98 Å². The summed E-state index contributed by atoms with van der Waals surface area (Å²) in [7, 11) is 1.56. The summed E-state index contributed by atoms with van der Waals surface area (Å²) in [5.41, 5.74) is 2.40. The third kappa shape index (κ3) is 2.92. The van der Waals surface area contributed by atoms with E-state index in [4.69, 9.17) is 14.2 Å². The Bertz CT molecular complexity index is 1380. The number of pyridine rings is 1. The predicted molar refractivity (Wildman–Crippen MR) is 113 cm³/mol. The van der Waals surface area contributed by atoms with Crippen molar-refractivity contribution in [2.75, 3.05) is 7.11 Å². The number of carbonyl (C=O) groups excluding carboxylic acids is 2. The number of fused-ring (bicyclic) bond motifs is 4. The number of ketones is 1. The summed E-state index contributed by atoms with van der Waals surface area (Å²) in [6, 6.07) is 10.3. The number of ether oxygens (including phenoxy) is 3. The van der Waals surface area contributed by atoms with Crippen molar-refractivity contribution in [3.8, 4) is 17.2 Å². The monoisotopic (exact) mass is 417 g/mol. The molecule has 0 radical (unpaired) electrons. The van der Waals surface area contributed by atoms with Gasteiger partial charge in [0.15, 0.2) is 5.76 Å². The number of rotatable bonds is 2. The van der Waals surface area contributed by atoms with Gasteiger partial charge in [-0.1, -0.05) is 0 Å². The molecule has 2 aromatic carbocycles. The smallest absolute Gasteiger partial charge is 0.312 e. The summed E-state index contributed by atoms with van der Waals surface area (Å²) < 4.78 is 16.6. The molecule has 5 rings (SSSR count). The molecule has 156 valence electrons. The maximum atomic E-state index is 13.0. The molecule has 0 aliphatic carbocycles. The molecule has 0 saturated carbocycles. The number of Topliss-reactive ketones (excluding diaryl/α,β-unsaturated/α-hetero) is 1.